The first kappa shape index (κ1) is 19.5. The van der Waals surface area contributed by atoms with Gasteiger partial charge in [-0.05, 0) is 55.8 Å². The van der Waals surface area contributed by atoms with Gasteiger partial charge in [-0.1, -0.05) is 23.7 Å². The molecule has 0 aliphatic carbocycles. The molecule has 1 amide bonds. The van der Waals surface area contributed by atoms with Gasteiger partial charge in [0, 0.05) is 23.2 Å². The normalized spacial score (nSPS) is 15.4. The van der Waals surface area contributed by atoms with Crippen LogP contribution in [0.15, 0.2) is 42.5 Å². The Morgan fingerprint density at radius 2 is 1.78 bits per heavy atom. The Hall–Kier alpha value is -2.24. The summed E-state index contributed by atoms with van der Waals surface area (Å²) in [4.78, 5) is 15.1. The van der Waals surface area contributed by atoms with E-state index >= 15 is 0 Å². The summed E-state index contributed by atoms with van der Waals surface area (Å²) in [6.07, 6.45) is 2.36. The Balaban J connectivity index is 1.76. The van der Waals surface area contributed by atoms with Gasteiger partial charge in [0.25, 0.3) is 5.91 Å². The van der Waals surface area contributed by atoms with Crippen molar-refractivity contribution >= 4 is 17.5 Å². The van der Waals surface area contributed by atoms with Crippen LogP contribution in [-0.2, 0) is 0 Å². The number of nitrogens with one attached hydrogen (secondary N) is 1. The van der Waals surface area contributed by atoms with E-state index in [1.165, 1.54) is 12.8 Å². The van der Waals surface area contributed by atoms with Crippen molar-refractivity contribution in [3.05, 3.63) is 58.6 Å². The van der Waals surface area contributed by atoms with Crippen LogP contribution in [0, 0.1) is 0 Å². The second-order valence-electron chi connectivity index (χ2n) is 6.63. The van der Waals surface area contributed by atoms with Crippen LogP contribution in [0.4, 0.5) is 0 Å². The van der Waals surface area contributed by atoms with Crippen LogP contribution in [0.3, 0.4) is 0 Å². The number of nitrogens with zero attached hydrogens (tertiary/aromatic N) is 1. The summed E-state index contributed by atoms with van der Waals surface area (Å²) >= 11 is 6.19. The van der Waals surface area contributed by atoms with E-state index < -0.39 is 0 Å². The number of carbonyl (C=O) groups excluding carboxylic acids is 1. The Bertz CT molecular complexity index is 768. The molecule has 144 valence electrons. The molecule has 1 aliphatic rings. The summed E-state index contributed by atoms with van der Waals surface area (Å²) in [5.41, 5.74) is 1.63. The topological polar surface area (TPSA) is 50.8 Å². The molecule has 1 saturated heterocycles. The van der Waals surface area contributed by atoms with E-state index in [9.17, 15) is 4.79 Å². The third kappa shape index (κ3) is 4.93. The highest BCUT2D eigenvalue weighted by atomic mass is 35.5. The van der Waals surface area contributed by atoms with Crippen molar-refractivity contribution in [1.29, 1.82) is 0 Å². The standard InChI is InChI=1S/C21H25ClN2O3/c1-26-18-11-16(12-19(13-18)27-2)21(25)23-14-20(24-8-3-4-9-24)15-6-5-7-17(22)10-15/h5-7,10-13,20H,3-4,8-9,14H2,1-2H3,(H,23,25). The van der Waals surface area contributed by atoms with Crippen molar-refractivity contribution in [1.82, 2.24) is 10.2 Å². The fourth-order valence-corrected chi connectivity index (χ4v) is 3.65. The molecule has 1 unspecified atom stereocenters. The highest BCUT2D eigenvalue weighted by Gasteiger charge is 2.24. The number of amides is 1. The Kier molecular flexibility index (Phi) is 6.58. The quantitative estimate of drug-likeness (QED) is 0.780. The van der Waals surface area contributed by atoms with E-state index in [4.69, 9.17) is 21.1 Å². The monoisotopic (exact) mass is 388 g/mol. The highest BCUT2D eigenvalue weighted by molar-refractivity contribution is 6.30. The smallest absolute Gasteiger partial charge is 0.251 e. The molecular formula is C21H25ClN2O3. The molecule has 0 saturated carbocycles. The Morgan fingerprint density at radius 3 is 2.37 bits per heavy atom. The van der Waals surface area contributed by atoms with Gasteiger partial charge >= 0.3 is 0 Å². The lowest BCUT2D eigenvalue weighted by Crippen LogP contribution is -2.36. The zero-order chi connectivity index (χ0) is 19.2. The van der Waals surface area contributed by atoms with Gasteiger partial charge in [-0.3, -0.25) is 9.69 Å². The van der Waals surface area contributed by atoms with Crippen molar-refractivity contribution in [2.24, 2.45) is 0 Å². The van der Waals surface area contributed by atoms with Crippen LogP contribution in [0.5, 0.6) is 11.5 Å². The molecule has 2 aromatic rings. The summed E-state index contributed by atoms with van der Waals surface area (Å²) in [5.74, 6) is 1.02. The zero-order valence-corrected chi connectivity index (χ0v) is 16.5. The number of hydrogen-bond donors (Lipinski definition) is 1. The summed E-state index contributed by atoms with van der Waals surface area (Å²) in [7, 11) is 3.14. The van der Waals surface area contributed by atoms with E-state index in [0.29, 0.717) is 28.6 Å². The van der Waals surface area contributed by atoms with Gasteiger partial charge in [-0.25, -0.2) is 0 Å². The first-order valence-electron chi connectivity index (χ1n) is 9.11. The number of ether oxygens (including phenoxy) is 2. The maximum Gasteiger partial charge on any atom is 0.251 e. The van der Waals surface area contributed by atoms with Crippen molar-refractivity contribution in [3.8, 4) is 11.5 Å². The number of methoxy groups -OCH3 is 2. The summed E-state index contributed by atoms with van der Waals surface area (Å²) in [6.45, 7) is 2.57. The van der Waals surface area contributed by atoms with Crippen LogP contribution in [0.25, 0.3) is 0 Å². The summed E-state index contributed by atoms with van der Waals surface area (Å²) < 4.78 is 10.5. The second-order valence-corrected chi connectivity index (χ2v) is 7.06. The predicted octanol–water partition coefficient (Wildman–Crippen LogP) is 3.92. The maximum absolute atomic E-state index is 12.7. The first-order valence-corrected chi connectivity index (χ1v) is 9.49. The van der Waals surface area contributed by atoms with Gasteiger partial charge in [0.05, 0.1) is 20.3 Å². The molecule has 1 N–H and O–H groups in total. The Labute approximate surface area is 165 Å². The molecule has 1 atom stereocenters. The van der Waals surface area contributed by atoms with Crippen molar-refractivity contribution in [3.63, 3.8) is 0 Å². The second kappa shape index (κ2) is 9.11. The molecule has 3 rings (SSSR count). The number of likely N-dealkylation sites (tertiary alicyclic amines) is 1. The fraction of sp³-hybridized carbons (Fsp3) is 0.381. The van der Waals surface area contributed by atoms with Crippen LogP contribution in [0.2, 0.25) is 5.02 Å². The molecule has 6 heteroatoms. The van der Waals surface area contributed by atoms with E-state index in [0.717, 1.165) is 18.7 Å². The van der Waals surface area contributed by atoms with Gasteiger partial charge in [0.2, 0.25) is 0 Å². The van der Waals surface area contributed by atoms with E-state index in [1.54, 1.807) is 32.4 Å². The number of carbonyl (C=O) groups is 1. The zero-order valence-electron chi connectivity index (χ0n) is 15.7. The average Bonchev–Trinajstić information content (AvgIpc) is 3.22. The number of benzene rings is 2. The molecule has 0 spiro atoms. The van der Waals surface area contributed by atoms with Crippen LogP contribution in [-0.4, -0.2) is 44.7 Å². The minimum atomic E-state index is -0.154. The van der Waals surface area contributed by atoms with Crippen molar-refractivity contribution < 1.29 is 14.3 Å². The molecule has 1 heterocycles. The third-order valence-corrected chi connectivity index (χ3v) is 5.12. The maximum atomic E-state index is 12.7. The van der Waals surface area contributed by atoms with Crippen molar-refractivity contribution in [2.45, 2.75) is 18.9 Å². The lowest BCUT2D eigenvalue weighted by atomic mass is 10.1. The molecule has 5 nitrogen and oxygen atoms in total. The lowest BCUT2D eigenvalue weighted by Gasteiger charge is -2.28. The molecule has 0 aromatic heterocycles. The van der Waals surface area contributed by atoms with E-state index in [-0.39, 0.29) is 11.9 Å². The lowest BCUT2D eigenvalue weighted by molar-refractivity contribution is 0.0937. The largest absolute Gasteiger partial charge is 0.497 e. The SMILES string of the molecule is COc1cc(OC)cc(C(=O)NCC(c2cccc(Cl)c2)N2CCCC2)c1. The summed E-state index contributed by atoms with van der Waals surface area (Å²) in [5, 5.41) is 3.77. The number of halogens is 1. The minimum absolute atomic E-state index is 0.0997. The van der Waals surface area contributed by atoms with E-state index in [2.05, 4.69) is 16.3 Å². The molecule has 1 aliphatic heterocycles. The number of rotatable bonds is 7. The summed E-state index contributed by atoms with van der Waals surface area (Å²) in [6, 6.07) is 13.1. The van der Waals surface area contributed by atoms with Crippen molar-refractivity contribution in [2.75, 3.05) is 33.9 Å². The average molecular weight is 389 g/mol. The van der Waals surface area contributed by atoms with Crippen LogP contribution < -0.4 is 14.8 Å². The van der Waals surface area contributed by atoms with E-state index in [1.807, 2.05) is 18.2 Å². The Morgan fingerprint density at radius 1 is 1.11 bits per heavy atom. The fourth-order valence-electron chi connectivity index (χ4n) is 3.45. The first-order chi connectivity index (χ1) is 13.1. The van der Waals surface area contributed by atoms with Gasteiger partial charge in [-0.15, -0.1) is 0 Å². The van der Waals surface area contributed by atoms with Crippen LogP contribution in [0.1, 0.15) is 34.8 Å². The highest BCUT2D eigenvalue weighted by Crippen LogP contribution is 2.27. The molecule has 1 fully saturated rings. The minimum Gasteiger partial charge on any atom is -0.497 e. The molecule has 27 heavy (non-hydrogen) atoms. The molecular weight excluding hydrogens is 364 g/mol. The molecule has 0 bridgehead atoms. The molecule has 0 radical (unpaired) electrons. The van der Waals surface area contributed by atoms with Gasteiger partial charge < -0.3 is 14.8 Å². The van der Waals surface area contributed by atoms with Gasteiger partial charge in [0.15, 0.2) is 0 Å². The molecule has 2 aromatic carbocycles. The predicted molar refractivity (Wildman–Crippen MR) is 107 cm³/mol. The van der Waals surface area contributed by atoms with Gasteiger partial charge in [-0.2, -0.15) is 0 Å². The van der Waals surface area contributed by atoms with Crippen LogP contribution >= 0.6 is 11.6 Å². The third-order valence-electron chi connectivity index (χ3n) is 4.88. The van der Waals surface area contributed by atoms with Gasteiger partial charge in [0.1, 0.15) is 11.5 Å². The number of hydrogen-bond acceptors (Lipinski definition) is 4.